The Labute approximate surface area is 150 Å². The molecule has 0 bridgehead atoms. The number of pyridine rings is 1. The van der Waals surface area contributed by atoms with Gasteiger partial charge in [-0.25, -0.2) is 14.5 Å². The van der Waals surface area contributed by atoms with Gasteiger partial charge in [-0.15, -0.1) is 0 Å². The predicted octanol–water partition coefficient (Wildman–Crippen LogP) is 2.88. The molecular formula is C19H20N4O3. The first kappa shape index (κ1) is 17.6. The monoisotopic (exact) mass is 352 g/mol. The number of hydrogen-bond acceptors (Lipinski definition) is 4. The van der Waals surface area contributed by atoms with Crippen molar-refractivity contribution in [3.63, 3.8) is 0 Å². The summed E-state index contributed by atoms with van der Waals surface area (Å²) in [7, 11) is 0. The molecule has 7 heteroatoms. The number of carbonyl (C=O) groups excluding carboxylic acids is 1. The lowest BCUT2D eigenvalue weighted by Gasteiger charge is -2.16. The van der Waals surface area contributed by atoms with Crippen LogP contribution >= 0.6 is 0 Å². The zero-order valence-corrected chi connectivity index (χ0v) is 14.8. The zero-order valence-electron chi connectivity index (χ0n) is 14.8. The van der Waals surface area contributed by atoms with E-state index in [0.717, 1.165) is 5.39 Å². The van der Waals surface area contributed by atoms with E-state index in [0.29, 0.717) is 22.5 Å². The molecule has 2 aromatic heterocycles. The van der Waals surface area contributed by atoms with Crippen molar-refractivity contribution in [2.75, 3.05) is 0 Å². The van der Waals surface area contributed by atoms with Gasteiger partial charge in [-0.2, -0.15) is 5.10 Å². The summed E-state index contributed by atoms with van der Waals surface area (Å²) in [5.41, 5.74) is 2.07. The molecular weight excluding hydrogens is 332 g/mol. The quantitative estimate of drug-likeness (QED) is 0.736. The minimum absolute atomic E-state index is 0.147. The second-order valence-corrected chi connectivity index (χ2v) is 6.37. The Balaban J connectivity index is 1.94. The summed E-state index contributed by atoms with van der Waals surface area (Å²) in [6, 6.07) is 9.31. The summed E-state index contributed by atoms with van der Waals surface area (Å²) in [6.45, 7) is 5.73. The number of nitrogens with one attached hydrogen (secondary N) is 1. The van der Waals surface area contributed by atoms with Gasteiger partial charge in [0, 0.05) is 11.4 Å². The number of fused-ring (bicyclic) bond motifs is 1. The minimum Gasteiger partial charge on any atom is -0.479 e. The number of aryl methyl sites for hydroxylation is 1. The summed E-state index contributed by atoms with van der Waals surface area (Å²) in [6.07, 6.45) is 1.66. The third-order valence-corrected chi connectivity index (χ3v) is 4.15. The molecule has 0 spiro atoms. The SMILES string of the molecule is Cc1nc2c(cnn2C(C)C)cc1C(=O)NC(C(=O)O)c1ccccc1. The summed E-state index contributed by atoms with van der Waals surface area (Å²) in [4.78, 5) is 28.8. The Morgan fingerprint density at radius 3 is 2.50 bits per heavy atom. The number of aliphatic carboxylic acids is 1. The van der Waals surface area contributed by atoms with E-state index >= 15 is 0 Å². The fraction of sp³-hybridized carbons (Fsp3) is 0.263. The number of hydrogen-bond donors (Lipinski definition) is 2. The Hall–Kier alpha value is -3.22. The van der Waals surface area contributed by atoms with Gasteiger partial charge in [-0.1, -0.05) is 30.3 Å². The number of nitrogens with zero attached hydrogens (tertiary/aromatic N) is 3. The third-order valence-electron chi connectivity index (χ3n) is 4.15. The van der Waals surface area contributed by atoms with Crippen LogP contribution in [-0.4, -0.2) is 31.7 Å². The van der Waals surface area contributed by atoms with Crippen LogP contribution in [0.5, 0.6) is 0 Å². The molecule has 2 N–H and O–H groups in total. The van der Waals surface area contributed by atoms with E-state index in [1.165, 1.54) is 0 Å². The number of carboxylic acid groups (broad SMARTS) is 1. The van der Waals surface area contributed by atoms with Crippen molar-refractivity contribution in [2.45, 2.75) is 32.9 Å². The first-order chi connectivity index (χ1) is 12.4. The smallest absolute Gasteiger partial charge is 0.330 e. The average Bonchev–Trinajstić information content (AvgIpc) is 3.02. The topological polar surface area (TPSA) is 97.1 Å². The molecule has 0 saturated carbocycles. The van der Waals surface area contributed by atoms with Crippen LogP contribution in [0.15, 0.2) is 42.6 Å². The summed E-state index contributed by atoms with van der Waals surface area (Å²) < 4.78 is 1.79. The van der Waals surface area contributed by atoms with E-state index in [2.05, 4.69) is 15.4 Å². The van der Waals surface area contributed by atoms with Crippen molar-refractivity contribution in [1.82, 2.24) is 20.1 Å². The van der Waals surface area contributed by atoms with Crippen LogP contribution in [0.25, 0.3) is 11.0 Å². The van der Waals surface area contributed by atoms with Crippen LogP contribution in [0.3, 0.4) is 0 Å². The van der Waals surface area contributed by atoms with Gasteiger partial charge < -0.3 is 10.4 Å². The fourth-order valence-electron chi connectivity index (χ4n) is 2.82. The number of rotatable bonds is 5. The summed E-state index contributed by atoms with van der Waals surface area (Å²) in [5.74, 6) is -1.60. The number of carboxylic acids is 1. The molecule has 7 nitrogen and oxygen atoms in total. The van der Waals surface area contributed by atoms with Crippen LogP contribution in [0.2, 0.25) is 0 Å². The predicted molar refractivity (Wildman–Crippen MR) is 96.9 cm³/mol. The highest BCUT2D eigenvalue weighted by molar-refractivity contribution is 6.00. The van der Waals surface area contributed by atoms with Gasteiger partial charge in [0.1, 0.15) is 0 Å². The van der Waals surface area contributed by atoms with E-state index in [9.17, 15) is 14.7 Å². The molecule has 1 aromatic carbocycles. The molecule has 1 amide bonds. The Bertz CT molecular complexity index is 964. The van der Waals surface area contributed by atoms with Crippen molar-refractivity contribution in [3.8, 4) is 0 Å². The molecule has 0 fully saturated rings. The van der Waals surface area contributed by atoms with Crippen LogP contribution < -0.4 is 5.32 Å². The van der Waals surface area contributed by atoms with Crippen LogP contribution in [0.1, 0.15) is 47.5 Å². The van der Waals surface area contributed by atoms with Crippen molar-refractivity contribution < 1.29 is 14.7 Å². The molecule has 0 aliphatic rings. The van der Waals surface area contributed by atoms with Gasteiger partial charge in [0.25, 0.3) is 5.91 Å². The van der Waals surface area contributed by atoms with E-state index in [1.54, 1.807) is 54.2 Å². The second kappa shape index (κ2) is 6.95. The molecule has 26 heavy (non-hydrogen) atoms. The van der Waals surface area contributed by atoms with Gasteiger partial charge in [-0.05, 0) is 32.4 Å². The number of carbonyl (C=O) groups is 2. The van der Waals surface area contributed by atoms with E-state index < -0.39 is 17.9 Å². The maximum absolute atomic E-state index is 12.7. The first-order valence-corrected chi connectivity index (χ1v) is 8.32. The van der Waals surface area contributed by atoms with Crippen LogP contribution in [0.4, 0.5) is 0 Å². The molecule has 134 valence electrons. The van der Waals surface area contributed by atoms with E-state index in [4.69, 9.17) is 0 Å². The lowest BCUT2D eigenvalue weighted by molar-refractivity contribution is -0.139. The minimum atomic E-state index is -1.13. The largest absolute Gasteiger partial charge is 0.479 e. The molecule has 0 radical (unpaired) electrons. The van der Waals surface area contributed by atoms with Crippen LogP contribution in [-0.2, 0) is 4.79 Å². The highest BCUT2D eigenvalue weighted by Gasteiger charge is 2.24. The lowest BCUT2D eigenvalue weighted by Crippen LogP contribution is -2.34. The molecule has 3 rings (SSSR count). The lowest BCUT2D eigenvalue weighted by atomic mass is 10.1. The second-order valence-electron chi connectivity index (χ2n) is 6.37. The van der Waals surface area contributed by atoms with Crippen molar-refractivity contribution >= 4 is 22.9 Å². The van der Waals surface area contributed by atoms with E-state index in [1.807, 2.05) is 13.8 Å². The standard InChI is InChI=1S/C19H20N4O3/c1-11(2)23-17-14(10-20-23)9-15(12(3)21-17)18(24)22-16(19(25)26)13-7-5-4-6-8-13/h4-11,16H,1-3H3,(H,22,24)(H,25,26). The van der Waals surface area contributed by atoms with E-state index in [-0.39, 0.29) is 6.04 Å². The van der Waals surface area contributed by atoms with Crippen molar-refractivity contribution in [2.24, 2.45) is 0 Å². The number of aromatic nitrogens is 3. The fourth-order valence-corrected chi connectivity index (χ4v) is 2.82. The summed E-state index contributed by atoms with van der Waals surface area (Å²) >= 11 is 0. The number of benzene rings is 1. The molecule has 1 unspecified atom stereocenters. The zero-order chi connectivity index (χ0) is 18.8. The molecule has 2 heterocycles. The van der Waals surface area contributed by atoms with Crippen molar-refractivity contribution in [3.05, 3.63) is 59.4 Å². The maximum atomic E-state index is 12.7. The van der Waals surface area contributed by atoms with Crippen LogP contribution in [0, 0.1) is 6.92 Å². The molecule has 0 aliphatic carbocycles. The van der Waals surface area contributed by atoms with Crippen molar-refractivity contribution in [1.29, 1.82) is 0 Å². The molecule has 0 aliphatic heterocycles. The third kappa shape index (κ3) is 3.28. The maximum Gasteiger partial charge on any atom is 0.330 e. The van der Waals surface area contributed by atoms with Gasteiger partial charge in [-0.3, -0.25) is 4.79 Å². The Kier molecular flexibility index (Phi) is 4.71. The van der Waals surface area contributed by atoms with Gasteiger partial charge in [0.15, 0.2) is 11.7 Å². The van der Waals surface area contributed by atoms with Gasteiger partial charge >= 0.3 is 5.97 Å². The van der Waals surface area contributed by atoms with Gasteiger partial charge in [0.2, 0.25) is 0 Å². The Morgan fingerprint density at radius 1 is 1.19 bits per heavy atom. The van der Waals surface area contributed by atoms with Gasteiger partial charge in [0.05, 0.1) is 17.5 Å². The first-order valence-electron chi connectivity index (χ1n) is 8.32. The number of amides is 1. The molecule has 3 aromatic rings. The highest BCUT2D eigenvalue weighted by atomic mass is 16.4. The summed E-state index contributed by atoms with van der Waals surface area (Å²) in [5, 5.41) is 17.1. The average molecular weight is 352 g/mol. The normalized spacial score (nSPS) is 12.3. The molecule has 1 atom stereocenters. The molecule has 0 saturated heterocycles. The Morgan fingerprint density at radius 2 is 1.88 bits per heavy atom. The highest BCUT2D eigenvalue weighted by Crippen LogP contribution is 2.20.